The van der Waals surface area contributed by atoms with Gasteiger partial charge in [0.15, 0.2) is 5.06 Å². The molecule has 1 aliphatic rings. The van der Waals surface area contributed by atoms with Crippen LogP contribution in [-0.4, -0.2) is 31.1 Å². The smallest absolute Gasteiger partial charge is 0.174 e. The number of nitrogens with zero attached hydrogens (tertiary/aromatic N) is 1. The minimum Gasteiger partial charge on any atom is -0.478 e. The molecule has 60 valence electrons. The van der Waals surface area contributed by atoms with Crippen LogP contribution in [0.4, 0.5) is 0 Å². The first kappa shape index (κ1) is 7.13. The average molecular weight is 169 g/mol. The fraction of sp³-hybridized carbons (Fsp3) is 0.500. The van der Waals surface area contributed by atoms with Crippen LogP contribution in [0.1, 0.15) is 0 Å². The lowest BCUT2D eigenvalue weighted by Gasteiger charge is -2.35. The first-order valence-electron chi connectivity index (χ1n) is 3.73. The zero-order chi connectivity index (χ0) is 7.68. The molecule has 1 saturated heterocycles. The maximum atomic E-state index is 5.64. The molecule has 0 aromatic carbocycles. The molecule has 1 aromatic rings. The van der Waals surface area contributed by atoms with Gasteiger partial charge in [0.2, 0.25) is 0 Å². The normalized spacial score (nSPS) is 19.7. The van der Waals surface area contributed by atoms with E-state index in [0.29, 0.717) is 6.10 Å². The highest BCUT2D eigenvalue weighted by atomic mass is 32.1. The summed E-state index contributed by atoms with van der Waals surface area (Å²) < 4.78 is 5.64. The Labute approximate surface area is 70.4 Å². The first-order valence-corrected chi connectivity index (χ1v) is 4.61. The van der Waals surface area contributed by atoms with Gasteiger partial charge in [0.1, 0.15) is 6.10 Å². The fourth-order valence-electron chi connectivity index (χ4n) is 1.21. The zero-order valence-electron chi connectivity index (χ0n) is 6.49. The maximum absolute atomic E-state index is 5.64. The standard InChI is InChI=1S/C8H11NOS/c1-9-5-7(6-9)10-8-3-2-4-11-8/h2-4,7H,5-6H2,1H3. The minimum absolute atomic E-state index is 0.429. The summed E-state index contributed by atoms with van der Waals surface area (Å²) >= 11 is 1.66. The molecule has 2 rings (SSSR count). The van der Waals surface area contributed by atoms with Gasteiger partial charge in [-0.05, 0) is 24.6 Å². The molecule has 0 amide bonds. The second-order valence-corrected chi connectivity index (χ2v) is 3.80. The van der Waals surface area contributed by atoms with Gasteiger partial charge in [-0.3, -0.25) is 4.90 Å². The average Bonchev–Trinajstić information content (AvgIpc) is 2.36. The van der Waals surface area contributed by atoms with Crippen molar-refractivity contribution in [2.24, 2.45) is 0 Å². The maximum Gasteiger partial charge on any atom is 0.174 e. The second-order valence-electron chi connectivity index (χ2n) is 2.89. The minimum atomic E-state index is 0.429. The fourth-order valence-corrected chi connectivity index (χ4v) is 1.85. The van der Waals surface area contributed by atoms with E-state index in [4.69, 9.17) is 4.74 Å². The molecule has 1 fully saturated rings. The van der Waals surface area contributed by atoms with E-state index in [1.165, 1.54) is 0 Å². The van der Waals surface area contributed by atoms with Crippen LogP contribution < -0.4 is 4.74 Å². The number of hydrogen-bond donors (Lipinski definition) is 0. The summed E-state index contributed by atoms with van der Waals surface area (Å²) in [5.41, 5.74) is 0. The van der Waals surface area contributed by atoms with Crippen molar-refractivity contribution in [3.05, 3.63) is 17.5 Å². The lowest BCUT2D eigenvalue weighted by Crippen LogP contribution is -2.51. The summed E-state index contributed by atoms with van der Waals surface area (Å²) in [7, 11) is 2.11. The number of rotatable bonds is 2. The molecule has 0 radical (unpaired) electrons. The SMILES string of the molecule is CN1CC(Oc2cccs2)C1. The molecule has 0 atom stereocenters. The summed E-state index contributed by atoms with van der Waals surface area (Å²) in [5.74, 6) is 0. The van der Waals surface area contributed by atoms with Crippen molar-refractivity contribution in [1.82, 2.24) is 4.90 Å². The third kappa shape index (κ3) is 1.54. The predicted molar refractivity (Wildman–Crippen MR) is 46.2 cm³/mol. The number of ether oxygens (including phenoxy) is 1. The Morgan fingerprint density at radius 2 is 2.45 bits per heavy atom. The van der Waals surface area contributed by atoms with Crippen molar-refractivity contribution in [3.63, 3.8) is 0 Å². The highest BCUT2D eigenvalue weighted by molar-refractivity contribution is 7.11. The summed E-state index contributed by atoms with van der Waals surface area (Å²) in [6, 6.07) is 4.03. The van der Waals surface area contributed by atoms with Gasteiger partial charge in [0, 0.05) is 13.1 Å². The van der Waals surface area contributed by atoms with Crippen molar-refractivity contribution in [2.75, 3.05) is 20.1 Å². The molecule has 11 heavy (non-hydrogen) atoms. The Bertz CT molecular complexity index is 216. The predicted octanol–water partition coefficient (Wildman–Crippen LogP) is 1.44. The van der Waals surface area contributed by atoms with Gasteiger partial charge < -0.3 is 4.74 Å². The van der Waals surface area contributed by atoms with Crippen molar-refractivity contribution >= 4 is 11.3 Å². The lowest BCUT2D eigenvalue weighted by molar-refractivity contribution is 0.0416. The van der Waals surface area contributed by atoms with Gasteiger partial charge in [-0.25, -0.2) is 0 Å². The molecule has 1 aromatic heterocycles. The summed E-state index contributed by atoms with van der Waals surface area (Å²) in [4.78, 5) is 2.25. The van der Waals surface area contributed by atoms with E-state index >= 15 is 0 Å². The molecule has 0 unspecified atom stereocenters. The molecule has 0 bridgehead atoms. The third-order valence-corrected chi connectivity index (χ3v) is 2.57. The van der Waals surface area contributed by atoms with E-state index in [-0.39, 0.29) is 0 Å². The van der Waals surface area contributed by atoms with Gasteiger partial charge in [0.05, 0.1) is 0 Å². The molecule has 0 aliphatic carbocycles. The zero-order valence-corrected chi connectivity index (χ0v) is 7.30. The van der Waals surface area contributed by atoms with Crippen molar-refractivity contribution in [3.8, 4) is 5.06 Å². The van der Waals surface area contributed by atoms with Crippen LogP contribution in [0.15, 0.2) is 17.5 Å². The quantitative estimate of drug-likeness (QED) is 0.664. The Hall–Kier alpha value is -0.540. The van der Waals surface area contributed by atoms with E-state index < -0.39 is 0 Å². The van der Waals surface area contributed by atoms with Crippen LogP contribution in [-0.2, 0) is 0 Å². The molecule has 0 spiro atoms. The number of hydrogen-bond acceptors (Lipinski definition) is 3. The van der Waals surface area contributed by atoms with Crippen molar-refractivity contribution < 1.29 is 4.74 Å². The van der Waals surface area contributed by atoms with Crippen molar-refractivity contribution in [1.29, 1.82) is 0 Å². The van der Waals surface area contributed by atoms with E-state index in [0.717, 1.165) is 18.2 Å². The van der Waals surface area contributed by atoms with Gasteiger partial charge in [0.25, 0.3) is 0 Å². The van der Waals surface area contributed by atoms with Crippen LogP contribution in [0, 0.1) is 0 Å². The number of likely N-dealkylation sites (tertiary alicyclic amines) is 1. The largest absolute Gasteiger partial charge is 0.478 e. The molecule has 0 saturated carbocycles. The van der Waals surface area contributed by atoms with Crippen LogP contribution in [0.3, 0.4) is 0 Å². The molecule has 3 heteroatoms. The van der Waals surface area contributed by atoms with Gasteiger partial charge in [-0.2, -0.15) is 0 Å². The van der Waals surface area contributed by atoms with E-state index in [2.05, 4.69) is 11.9 Å². The van der Waals surface area contributed by atoms with E-state index in [1.807, 2.05) is 17.5 Å². The van der Waals surface area contributed by atoms with Crippen molar-refractivity contribution in [2.45, 2.75) is 6.10 Å². The van der Waals surface area contributed by atoms with Gasteiger partial charge >= 0.3 is 0 Å². The molecular formula is C8H11NOS. The van der Waals surface area contributed by atoms with Crippen LogP contribution in [0.2, 0.25) is 0 Å². The lowest BCUT2D eigenvalue weighted by atomic mass is 10.2. The molecule has 0 N–H and O–H groups in total. The first-order chi connectivity index (χ1) is 5.34. The Balaban J connectivity index is 1.84. The second kappa shape index (κ2) is 2.83. The summed E-state index contributed by atoms with van der Waals surface area (Å²) in [6.07, 6.45) is 0.429. The molecular weight excluding hydrogens is 158 g/mol. The Morgan fingerprint density at radius 3 is 3.00 bits per heavy atom. The van der Waals surface area contributed by atoms with Crippen LogP contribution in [0.5, 0.6) is 5.06 Å². The molecule has 2 heterocycles. The Morgan fingerprint density at radius 1 is 1.64 bits per heavy atom. The van der Waals surface area contributed by atoms with Gasteiger partial charge in [-0.1, -0.05) is 0 Å². The summed E-state index contributed by atoms with van der Waals surface area (Å²) in [5, 5.41) is 3.08. The monoisotopic (exact) mass is 169 g/mol. The molecule has 2 nitrogen and oxygen atoms in total. The number of likely N-dealkylation sites (N-methyl/N-ethyl adjacent to an activating group) is 1. The highest BCUT2D eigenvalue weighted by Crippen LogP contribution is 2.22. The highest BCUT2D eigenvalue weighted by Gasteiger charge is 2.24. The van der Waals surface area contributed by atoms with Crippen LogP contribution in [0.25, 0.3) is 0 Å². The molecule has 1 aliphatic heterocycles. The topological polar surface area (TPSA) is 12.5 Å². The van der Waals surface area contributed by atoms with E-state index in [9.17, 15) is 0 Å². The van der Waals surface area contributed by atoms with Gasteiger partial charge in [-0.15, -0.1) is 11.3 Å². The summed E-state index contributed by atoms with van der Waals surface area (Å²) in [6.45, 7) is 2.13. The van der Waals surface area contributed by atoms with E-state index in [1.54, 1.807) is 11.3 Å². The van der Waals surface area contributed by atoms with Crippen LogP contribution >= 0.6 is 11.3 Å². The number of thiophene rings is 1. The third-order valence-electron chi connectivity index (χ3n) is 1.81. The Kier molecular flexibility index (Phi) is 1.84.